The van der Waals surface area contributed by atoms with Gasteiger partial charge in [-0.25, -0.2) is 0 Å². The number of piperazine rings is 1. The standard InChI is InChI=1S/C14H13N5O4/c1-8-13(22)18(9(2)20)7-12(21)19(8)14(23)10-5-3-4-6-11(10)16-17-15/h3-6,8H,7H2,1-2H3/t8-/m1/s1. The molecule has 118 valence electrons. The van der Waals surface area contributed by atoms with E-state index in [1.807, 2.05) is 0 Å². The summed E-state index contributed by atoms with van der Waals surface area (Å²) in [5, 5.41) is 3.41. The first-order valence-corrected chi connectivity index (χ1v) is 6.71. The molecule has 0 spiro atoms. The number of azide groups is 1. The molecule has 2 rings (SSSR count). The maximum atomic E-state index is 12.6. The van der Waals surface area contributed by atoms with Gasteiger partial charge in [-0.15, -0.1) is 0 Å². The van der Waals surface area contributed by atoms with Gasteiger partial charge >= 0.3 is 0 Å². The van der Waals surface area contributed by atoms with Crippen molar-refractivity contribution in [1.82, 2.24) is 9.80 Å². The zero-order chi connectivity index (χ0) is 17.1. The van der Waals surface area contributed by atoms with Gasteiger partial charge in [0.1, 0.15) is 12.6 Å². The minimum atomic E-state index is -1.12. The van der Waals surface area contributed by atoms with Crippen LogP contribution in [0.25, 0.3) is 10.4 Å². The quantitative estimate of drug-likeness (QED) is 0.354. The van der Waals surface area contributed by atoms with Gasteiger partial charge in [0.05, 0.1) is 5.69 Å². The minimum absolute atomic E-state index is 0.00887. The highest BCUT2D eigenvalue weighted by atomic mass is 16.2. The number of imide groups is 2. The predicted molar refractivity (Wildman–Crippen MR) is 78.3 cm³/mol. The van der Waals surface area contributed by atoms with Crippen molar-refractivity contribution in [3.8, 4) is 0 Å². The number of rotatable bonds is 2. The SMILES string of the molecule is CC(=O)N1CC(=O)N(C(=O)c2ccccc2N=[N+]=[N-])[C@H](C)C1=O. The van der Waals surface area contributed by atoms with Gasteiger partial charge in [0, 0.05) is 17.4 Å². The molecule has 1 atom stereocenters. The number of amides is 4. The Morgan fingerprint density at radius 2 is 1.96 bits per heavy atom. The van der Waals surface area contributed by atoms with E-state index in [-0.39, 0.29) is 11.3 Å². The molecule has 0 radical (unpaired) electrons. The smallest absolute Gasteiger partial charge is 0.261 e. The van der Waals surface area contributed by atoms with Crippen LogP contribution in [0.15, 0.2) is 29.4 Å². The first kappa shape index (κ1) is 16.2. The molecule has 0 saturated carbocycles. The fourth-order valence-corrected chi connectivity index (χ4v) is 2.32. The van der Waals surface area contributed by atoms with Gasteiger partial charge < -0.3 is 0 Å². The van der Waals surface area contributed by atoms with Gasteiger partial charge in [0.25, 0.3) is 11.8 Å². The summed E-state index contributed by atoms with van der Waals surface area (Å²) in [6, 6.07) is 4.83. The van der Waals surface area contributed by atoms with Crippen molar-refractivity contribution in [2.45, 2.75) is 19.9 Å². The van der Waals surface area contributed by atoms with Crippen LogP contribution < -0.4 is 0 Å². The van der Waals surface area contributed by atoms with Crippen LogP contribution in [-0.2, 0) is 14.4 Å². The topological polar surface area (TPSA) is 124 Å². The second-order valence-corrected chi connectivity index (χ2v) is 4.89. The van der Waals surface area contributed by atoms with Crippen LogP contribution in [0.2, 0.25) is 0 Å². The first-order valence-electron chi connectivity index (χ1n) is 6.71. The normalized spacial score (nSPS) is 17.7. The van der Waals surface area contributed by atoms with E-state index in [0.717, 1.165) is 9.80 Å². The molecule has 1 aromatic carbocycles. The van der Waals surface area contributed by atoms with Crippen LogP contribution in [0.5, 0.6) is 0 Å². The van der Waals surface area contributed by atoms with Crippen molar-refractivity contribution in [3.63, 3.8) is 0 Å². The number of nitrogens with zero attached hydrogens (tertiary/aromatic N) is 5. The van der Waals surface area contributed by atoms with E-state index in [4.69, 9.17) is 5.53 Å². The lowest BCUT2D eigenvalue weighted by Gasteiger charge is -2.36. The van der Waals surface area contributed by atoms with Gasteiger partial charge in [0.2, 0.25) is 11.8 Å². The number of hydrogen-bond acceptors (Lipinski definition) is 5. The summed E-state index contributed by atoms with van der Waals surface area (Å²) in [6.07, 6.45) is 0. The van der Waals surface area contributed by atoms with E-state index in [0.29, 0.717) is 0 Å². The van der Waals surface area contributed by atoms with Crippen molar-refractivity contribution in [2.75, 3.05) is 6.54 Å². The van der Waals surface area contributed by atoms with E-state index in [1.54, 1.807) is 12.1 Å². The molecule has 9 nitrogen and oxygen atoms in total. The van der Waals surface area contributed by atoms with Gasteiger partial charge in [-0.05, 0) is 18.5 Å². The zero-order valence-corrected chi connectivity index (χ0v) is 12.5. The van der Waals surface area contributed by atoms with Crippen molar-refractivity contribution >= 4 is 29.3 Å². The molecule has 1 aromatic rings. The van der Waals surface area contributed by atoms with Crippen LogP contribution in [0, 0.1) is 0 Å². The summed E-state index contributed by atoms with van der Waals surface area (Å²) in [4.78, 5) is 52.6. The van der Waals surface area contributed by atoms with E-state index in [9.17, 15) is 19.2 Å². The van der Waals surface area contributed by atoms with Crippen molar-refractivity contribution in [1.29, 1.82) is 0 Å². The number of benzene rings is 1. The Bertz CT molecular complexity index is 753. The molecule has 9 heteroatoms. The van der Waals surface area contributed by atoms with Crippen LogP contribution in [0.1, 0.15) is 24.2 Å². The lowest BCUT2D eigenvalue weighted by molar-refractivity contribution is -0.158. The Hall–Kier alpha value is -3.19. The largest absolute Gasteiger partial charge is 0.275 e. The third-order valence-electron chi connectivity index (χ3n) is 3.46. The Labute approximate surface area is 131 Å². The highest BCUT2D eigenvalue weighted by Gasteiger charge is 2.42. The van der Waals surface area contributed by atoms with Crippen molar-refractivity contribution in [2.24, 2.45) is 5.11 Å². The van der Waals surface area contributed by atoms with E-state index in [1.165, 1.54) is 26.0 Å². The minimum Gasteiger partial charge on any atom is -0.275 e. The second-order valence-electron chi connectivity index (χ2n) is 4.89. The summed E-state index contributed by atoms with van der Waals surface area (Å²) in [6.45, 7) is 2.05. The summed E-state index contributed by atoms with van der Waals surface area (Å²) in [7, 11) is 0. The molecule has 1 aliphatic heterocycles. The second kappa shape index (κ2) is 6.29. The number of hydrogen-bond donors (Lipinski definition) is 0. The first-order chi connectivity index (χ1) is 10.9. The van der Waals surface area contributed by atoms with E-state index < -0.39 is 36.2 Å². The van der Waals surface area contributed by atoms with Crippen LogP contribution in [-0.4, -0.2) is 46.0 Å². The van der Waals surface area contributed by atoms with Gasteiger partial charge in [0.15, 0.2) is 0 Å². The fraction of sp³-hybridized carbons (Fsp3) is 0.286. The molecule has 1 heterocycles. The van der Waals surface area contributed by atoms with Crippen molar-refractivity contribution < 1.29 is 19.2 Å². The van der Waals surface area contributed by atoms with Gasteiger partial charge in [-0.2, -0.15) is 0 Å². The molecule has 0 N–H and O–H groups in total. The van der Waals surface area contributed by atoms with Gasteiger partial charge in [-0.3, -0.25) is 29.0 Å². The molecule has 23 heavy (non-hydrogen) atoms. The average Bonchev–Trinajstić information content (AvgIpc) is 2.51. The zero-order valence-electron chi connectivity index (χ0n) is 12.5. The summed E-state index contributed by atoms with van der Waals surface area (Å²) >= 11 is 0. The molecule has 1 fully saturated rings. The third-order valence-corrected chi connectivity index (χ3v) is 3.46. The highest BCUT2D eigenvalue weighted by Crippen LogP contribution is 2.23. The molecule has 0 unspecified atom stereocenters. The highest BCUT2D eigenvalue weighted by molar-refractivity contribution is 6.14. The third kappa shape index (κ3) is 2.90. The maximum Gasteiger partial charge on any atom is 0.261 e. The van der Waals surface area contributed by atoms with Crippen LogP contribution in [0.3, 0.4) is 0 Å². The molecular weight excluding hydrogens is 302 g/mol. The fourth-order valence-electron chi connectivity index (χ4n) is 2.32. The summed E-state index contributed by atoms with van der Waals surface area (Å²) in [5.41, 5.74) is 8.61. The lowest BCUT2D eigenvalue weighted by Crippen LogP contribution is -2.61. The average molecular weight is 315 g/mol. The van der Waals surface area contributed by atoms with E-state index in [2.05, 4.69) is 10.0 Å². The maximum absolute atomic E-state index is 12.6. The Balaban J connectivity index is 2.40. The van der Waals surface area contributed by atoms with Crippen LogP contribution >= 0.6 is 0 Å². The van der Waals surface area contributed by atoms with E-state index >= 15 is 0 Å². The molecular formula is C14H13N5O4. The van der Waals surface area contributed by atoms with Crippen molar-refractivity contribution in [3.05, 3.63) is 40.3 Å². The molecule has 1 saturated heterocycles. The Morgan fingerprint density at radius 1 is 1.30 bits per heavy atom. The predicted octanol–water partition coefficient (Wildman–Crippen LogP) is 1.37. The van der Waals surface area contributed by atoms with Crippen LogP contribution in [0.4, 0.5) is 5.69 Å². The number of carbonyl (C=O) groups excluding carboxylic acids is 4. The molecule has 1 aliphatic rings. The molecule has 0 bridgehead atoms. The number of carbonyl (C=O) groups is 4. The van der Waals surface area contributed by atoms with Gasteiger partial charge in [-0.1, -0.05) is 23.3 Å². The molecule has 4 amide bonds. The molecule has 0 aliphatic carbocycles. The molecule has 0 aromatic heterocycles. The lowest BCUT2D eigenvalue weighted by atomic mass is 10.1. The summed E-state index contributed by atoms with van der Waals surface area (Å²) < 4.78 is 0. The monoisotopic (exact) mass is 315 g/mol. The Morgan fingerprint density at radius 3 is 2.57 bits per heavy atom. The Kier molecular flexibility index (Phi) is 4.42. The summed E-state index contributed by atoms with van der Waals surface area (Å²) in [5.74, 6) is -2.61.